The summed E-state index contributed by atoms with van der Waals surface area (Å²) in [6.07, 6.45) is 2.10. The van der Waals surface area contributed by atoms with Gasteiger partial charge in [-0.1, -0.05) is 30.3 Å². The van der Waals surface area contributed by atoms with Crippen LogP contribution in [0.5, 0.6) is 0 Å². The number of hydrogen-bond acceptors (Lipinski definition) is 4. The fraction of sp³-hybridized carbons (Fsp3) is 0.333. The quantitative estimate of drug-likeness (QED) is 0.785. The van der Waals surface area contributed by atoms with Crippen LogP contribution in [0.4, 0.5) is 0 Å². The van der Waals surface area contributed by atoms with Crippen molar-refractivity contribution in [2.24, 2.45) is 0 Å². The first-order chi connectivity index (χ1) is 9.72. The highest BCUT2D eigenvalue weighted by atomic mass is 16.5. The van der Waals surface area contributed by atoms with Gasteiger partial charge in [0.15, 0.2) is 0 Å². The summed E-state index contributed by atoms with van der Waals surface area (Å²) in [5.74, 6) is -0.339. The fourth-order valence-corrected chi connectivity index (χ4v) is 2.70. The normalized spacial score (nSPS) is 21.9. The standard InChI is InChI=1S/C15H16N2O3/c1-2-20-15(19)12-10-17-13(18)8-9-16(17)14(12)11-6-4-3-5-7-11/h3-7,10,14H,2,8-9H2,1H3. The molecule has 1 saturated heterocycles. The molecule has 1 fully saturated rings. The molecule has 104 valence electrons. The molecule has 0 spiro atoms. The molecule has 2 heterocycles. The van der Waals surface area contributed by atoms with Gasteiger partial charge >= 0.3 is 5.97 Å². The first-order valence-corrected chi connectivity index (χ1v) is 6.74. The molecule has 1 amide bonds. The number of hydrogen-bond donors (Lipinski definition) is 0. The first-order valence-electron chi connectivity index (χ1n) is 6.74. The van der Waals surface area contributed by atoms with E-state index >= 15 is 0 Å². The molecule has 2 aliphatic rings. The lowest BCUT2D eigenvalue weighted by Gasteiger charge is -2.26. The van der Waals surface area contributed by atoms with Gasteiger partial charge in [-0.05, 0) is 12.5 Å². The summed E-state index contributed by atoms with van der Waals surface area (Å²) in [5, 5.41) is 3.47. The minimum atomic E-state index is -0.358. The van der Waals surface area contributed by atoms with Gasteiger partial charge in [0.2, 0.25) is 5.91 Å². The van der Waals surface area contributed by atoms with E-state index in [-0.39, 0.29) is 17.9 Å². The van der Waals surface area contributed by atoms with Crippen LogP contribution in [0, 0.1) is 0 Å². The van der Waals surface area contributed by atoms with E-state index in [4.69, 9.17) is 4.74 Å². The number of nitrogens with zero attached hydrogens (tertiary/aromatic N) is 2. The highest BCUT2D eigenvalue weighted by Crippen LogP contribution is 2.39. The molecule has 3 rings (SSSR count). The molecule has 0 saturated carbocycles. The lowest BCUT2D eigenvalue weighted by atomic mass is 10.00. The number of carbonyl (C=O) groups excluding carboxylic acids is 2. The first kappa shape index (κ1) is 12.9. The van der Waals surface area contributed by atoms with Gasteiger partial charge in [-0.2, -0.15) is 0 Å². The van der Waals surface area contributed by atoms with Gasteiger partial charge in [-0.25, -0.2) is 14.8 Å². The van der Waals surface area contributed by atoms with Crippen molar-refractivity contribution < 1.29 is 14.3 Å². The van der Waals surface area contributed by atoms with Gasteiger partial charge in [0.05, 0.1) is 18.2 Å². The Kier molecular flexibility index (Phi) is 3.28. The lowest BCUT2D eigenvalue weighted by Crippen LogP contribution is -2.33. The Hall–Kier alpha value is -2.14. The van der Waals surface area contributed by atoms with Crippen molar-refractivity contribution in [3.8, 4) is 0 Å². The van der Waals surface area contributed by atoms with Crippen LogP contribution < -0.4 is 0 Å². The van der Waals surface area contributed by atoms with Crippen molar-refractivity contribution in [3.05, 3.63) is 47.7 Å². The van der Waals surface area contributed by atoms with Gasteiger partial charge in [-0.3, -0.25) is 4.79 Å². The molecular formula is C15H16N2O3. The molecule has 1 atom stereocenters. The zero-order valence-corrected chi connectivity index (χ0v) is 11.3. The van der Waals surface area contributed by atoms with Gasteiger partial charge in [-0.15, -0.1) is 0 Å². The highest BCUT2D eigenvalue weighted by molar-refractivity contribution is 5.92. The van der Waals surface area contributed by atoms with Crippen molar-refractivity contribution >= 4 is 11.9 Å². The predicted molar refractivity (Wildman–Crippen MR) is 72.1 cm³/mol. The highest BCUT2D eigenvalue weighted by Gasteiger charge is 2.43. The van der Waals surface area contributed by atoms with E-state index in [2.05, 4.69) is 0 Å². The predicted octanol–water partition coefficient (Wildman–Crippen LogP) is 1.64. The molecular weight excluding hydrogens is 256 g/mol. The summed E-state index contributed by atoms with van der Waals surface area (Å²) in [6.45, 7) is 2.72. The second-order valence-electron chi connectivity index (χ2n) is 4.77. The number of hydrazine groups is 1. The summed E-state index contributed by atoms with van der Waals surface area (Å²) in [7, 11) is 0. The molecule has 1 unspecified atom stereocenters. The molecule has 5 nitrogen and oxygen atoms in total. The van der Waals surface area contributed by atoms with E-state index < -0.39 is 0 Å². The van der Waals surface area contributed by atoms with Crippen molar-refractivity contribution in [2.75, 3.05) is 13.2 Å². The van der Waals surface area contributed by atoms with E-state index in [0.717, 1.165) is 5.56 Å². The fourth-order valence-electron chi connectivity index (χ4n) is 2.70. The molecule has 0 aromatic heterocycles. The maximum absolute atomic E-state index is 12.1. The Morgan fingerprint density at radius 2 is 2.10 bits per heavy atom. The molecule has 20 heavy (non-hydrogen) atoms. The van der Waals surface area contributed by atoms with Crippen LogP contribution in [-0.2, 0) is 14.3 Å². The minimum Gasteiger partial charge on any atom is -0.463 e. The van der Waals surface area contributed by atoms with Crippen LogP contribution >= 0.6 is 0 Å². The topological polar surface area (TPSA) is 49.9 Å². The monoisotopic (exact) mass is 272 g/mol. The van der Waals surface area contributed by atoms with E-state index in [0.29, 0.717) is 25.1 Å². The number of esters is 1. The van der Waals surface area contributed by atoms with Crippen LogP contribution in [0.3, 0.4) is 0 Å². The Morgan fingerprint density at radius 1 is 1.35 bits per heavy atom. The van der Waals surface area contributed by atoms with Crippen LogP contribution in [0.15, 0.2) is 42.1 Å². The summed E-state index contributed by atoms with van der Waals surface area (Å²) < 4.78 is 5.11. The maximum Gasteiger partial charge on any atom is 0.337 e. The van der Waals surface area contributed by atoms with Crippen molar-refractivity contribution in [1.82, 2.24) is 10.0 Å². The van der Waals surface area contributed by atoms with Crippen LogP contribution in [-0.4, -0.2) is 35.0 Å². The summed E-state index contributed by atoms with van der Waals surface area (Å²) in [5.41, 5.74) is 1.51. The maximum atomic E-state index is 12.1. The molecule has 5 heteroatoms. The molecule has 0 bridgehead atoms. The summed E-state index contributed by atoms with van der Waals surface area (Å²) in [4.78, 5) is 24.0. The number of carbonyl (C=O) groups is 2. The molecule has 2 aliphatic heterocycles. The average molecular weight is 272 g/mol. The second-order valence-corrected chi connectivity index (χ2v) is 4.77. The van der Waals surface area contributed by atoms with Crippen molar-refractivity contribution in [1.29, 1.82) is 0 Å². The van der Waals surface area contributed by atoms with Gasteiger partial charge in [0, 0.05) is 19.2 Å². The third-order valence-corrected chi connectivity index (χ3v) is 3.57. The van der Waals surface area contributed by atoms with Crippen LogP contribution in [0.25, 0.3) is 0 Å². The van der Waals surface area contributed by atoms with E-state index in [1.807, 2.05) is 35.3 Å². The summed E-state index contributed by atoms with van der Waals surface area (Å²) in [6, 6.07) is 9.48. The smallest absolute Gasteiger partial charge is 0.337 e. The van der Waals surface area contributed by atoms with E-state index in [1.165, 1.54) is 0 Å². The summed E-state index contributed by atoms with van der Waals surface area (Å²) >= 11 is 0. The number of benzene rings is 1. The van der Waals surface area contributed by atoms with Gasteiger partial charge < -0.3 is 4.74 Å². The van der Waals surface area contributed by atoms with E-state index in [9.17, 15) is 9.59 Å². The average Bonchev–Trinajstić information content (AvgIpc) is 3.00. The zero-order chi connectivity index (χ0) is 14.1. The van der Waals surface area contributed by atoms with Crippen LogP contribution in [0.2, 0.25) is 0 Å². The van der Waals surface area contributed by atoms with E-state index in [1.54, 1.807) is 18.1 Å². The Labute approximate surface area is 117 Å². The van der Waals surface area contributed by atoms with Crippen LogP contribution in [0.1, 0.15) is 24.9 Å². The number of rotatable bonds is 3. The van der Waals surface area contributed by atoms with Crippen molar-refractivity contribution in [2.45, 2.75) is 19.4 Å². The minimum absolute atomic E-state index is 0.0187. The number of fused-ring (bicyclic) bond motifs is 1. The molecule has 0 N–H and O–H groups in total. The van der Waals surface area contributed by atoms with Gasteiger partial charge in [0.25, 0.3) is 0 Å². The lowest BCUT2D eigenvalue weighted by molar-refractivity contribution is -0.139. The zero-order valence-electron chi connectivity index (χ0n) is 11.3. The molecule has 1 aromatic rings. The Bertz CT molecular complexity index is 568. The SMILES string of the molecule is CCOC(=O)C1=CN2C(=O)CCN2C1c1ccccc1. The number of amides is 1. The molecule has 1 aromatic carbocycles. The second kappa shape index (κ2) is 5.09. The van der Waals surface area contributed by atoms with Crippen molar-refractivity contribution in [3.63, 3.8) is 0 Å². The third-order valence-electron chi connectivity index (χ3n) is 3.57. The Balaban J connectivity index is 1.98. The third kappa shape index (κ3) is 2.00. The Morgan fingerprint density at radius 3 is 2.80 bits per heavy atom. The largest absolute Gasteiger partial charge is 0.463 e. The molecule has 0 radical (unpaired) electrons. The molecule has 0 aliphatic carbocycles. The number of ether oxygens (including phenoxy) is 1. The van der Waals surface area contributed by atoms with Gasteiger partial charge in [0.1, 0.15) is 0 Å².